The van der Waals surface area contributed by atoms with Crippen molar-refractivity contribution in [2.24, 2.45) is 0 Å². The maximum Gasteiger partial charge on any atom is 0.306 e. The molecule has 1 aromatic rings. The van der Waals surface area contributed by atoms with E-state index in [1.165, 1.54) is 0 Å². The van der Waals surface area contributed by atoms with Crippen molar-refractivity contribution in [2.45, 2.75) is 25.0 Å². The first-order chi connectivity index (χ1) is 8.24. The molecule has 0 aliphatic carbocycles. The Morgan fingerprint density at radius 1 is 1.29 bits per heavy atom. The summed E-state index contributed by atoms with van der Waals surface area (Å²) in [6.45, 7) is 0. The molecule has 0 spiro atoms. The van der Waals surface area contributed by atoms with Crippen molar-refractivity contribution in [3.8, 4) is 5.75 Å². The van der Waals surface area contributed by atoms with Gasteiger partial charge >= 0.3 is 5.97 Å². The van der Waals surface area contributed by atoms with E-state index in [-0.39, 0.29) is 18.2 Å². The highest BCUT2D eigenvalue weighted by atomic mass is 16.6. The van der Waals surface area contributed by atoms with Crippen LogP contribution in [0.15, 0.2) is 24.3 Å². The Balaban J connectivity index is 2.14. The Morgan fingerprint density at radius 3 is 2.47 bits per heavy atom. The van der Waals surface area contributed by atoms with E-state index < -0.39 is 0 Å². The molecule has 1 aliphatic heterocycles. The van der Waals surface area contributed by atoms with Crippen LogP contribution in [0.25, 0.3) is 0 Å². The molecular weight excluding hydrogens is 220 g/mol. The second-order valence-corrected chi connectivity index (χ2v) is 4.00. The van der Waals surface area contributed by atoms with Gasteiger partial charge in [-0.2, -0.15) is 0 Å². The summed E-state index contributed by atoms with van der Waals surface area (Å²) in [7, 11) is 3.25. The Kier molecular flexibility index (Phi) is 3.64. The number of hydrogen-bond donors (Lipinski definition) is 0. The Bertz CT molecular complexity index is 385. The standard InChI is InChI=1S/C13H16O4/c1-15-10-5-3-9(4-6-10)13(16-2)11-7-8-12(14)17-11/h3-6,11,13H,7-8H2,1-2H3. The normalized spacial score (nSPS) is 21.1. The third-order valence-electron chi connectivity index (χ3n) is 2.95. The van der Waals surface area contributed by atoms with Gasteiger partial charge in [-0.05, 0) is 24.1 Å². The molecule has 92 valence electrons. The molecule has 4 heteroatoms. The minimum Gasteiger partial charge on any atom is -0.497 e. The van der Waals surface area contributed by atoms with E-state index in [0.29, 0.717) is 12.8 Å². The highest BCUT2D eigenvalue weighted by Gasteiger charge is 2.32. The zero-order valence-electron chi connectivity index (χ0n) is 10.0. The third kappa shape index (κ3) is 2.58. The number of benzene rings is 1. The summed E-state index contributed by atoms with van der Waals surface area (Å²) in [5.74, 6) is 0.651. The summed E-state index contributed by atoms with van der Waals surface area (Å²) in [5, 5.41) is 0. The molecule has 4 nitrogen and oxygen atoms in total. The van der Waals surface area contributed by atoms with Crippen LogP contribution in [0.5, 0.6) is 5.75 Å². The summed E-state index contributed by atoms with van der Waals surface area (Å²) >= 11 is 0. The van der Waals surface area contributed by atoms with Gasteiger partial charge in [0.15, 0.2) is 0 Å². The Hall–Kier alpha value is -1.55. The average molecular weight is 236 g/mol. The minimum atomic E-state index is -0.202. The van der Waals surface area contributed by atoms with Crippen LogP contribution in [0.1, 0.15) is 24.5 Å². The largest absolute Gasteiger partial charge is 0.497 e. The van der Waals surface area contributed by atoms with Crippen molar-refractivity contribution in [3.05, 3.63) is 29.8 Å². The van der Waals surface area contributed by atoms with Gasteiger partial charge in [-0.1, -0.05) is 12.1 Å². The summed E-state index contributed by atoms with van der Waals surface area (Å²) < 4.78 is 15.8. The number of methoxy groups -OCH3 is 2. The van der Waals surface area contributed by atoms with Crippen molar-refractivity contribution in [3.63, 3.8) is 0 Å². The number of hydrogen-bond acceptors (Lipinski definition) is 4. The van der Waals surface area contributed by atoms with Crippen LogP contribution >= 0.6 is 0 Å². The molecule has 0 N–H and O–H groups in total. The fourth-order valence-electron chi connectivity index (χ4n) is 2.06. The van der Waals surface area contributed by atoms with Crippen LogP contribution < -0.4 is 4.74 Å². The monoisotopic (exact) mass is 236 g/mol. The number of carbonyl (C=O) groups is 1. The zero-order chi connectivity index (χ0) is 12.3. The van der Waals surface area contributed by atoms with Gasteiger partial charge in [0.2, 0.25) is 0 Å². The molecule has 0 aromatic heterocycles. The molecule has 0 amide bonds. The molecule has 1 saturated heterocycles. The maximum atomic E-state index is 11.1. The molecule has 1 aromatic carbocycles. The van der Waals surface area contributed by atoms with E-state index in [1.807, 2.05) is 24.3 Å². The topological polar surface area (TPSA) is 44.8 Å². The fraction of sp³-hybridized carbons (Fsp3) is 0.462. The van der Waals surface area contributed by atoms with Gasteiger partial charge in [-0.15, -0.1) is 0 Å². The first-order valence-corrected chi connectivity index (χ1v) is 5.61. The van der Waals surface area contributed by atoms with Crippen LogP contribution in [-0.2, 0) is 14.3 Å². The van der Waals surface area contributed by atoms with E-state index in [0.717, 1.165) is 11.3 Å². The summed E-state index contributed by atoms with van der Waals surface area (Å²) in [4.78, 5) is 11.1. The van der Waals surface area contributed by atoms with Crippen LogP contribution in [0.3, 0.4) is 0 Å². The lowest BCUT2D eigenvalue weighted by Gasteiger charge is -2.21. The second-order valence-electron chi connectivity index (χ2n) is 4.00. The van der Waals surface area contributed by atoms with Gasteiger partial charge in [-0.3, -0.25) is 4.79 Å². The van der Waals surface area contributed by atoms with Crippen molar-refractivity contribution in [1.29, 1.82) is 0 Å². The molecule has 0 bridgehead atoms. The summed E-state index contributed by atoms with van der Waals surface area (Å²) in [5.41, 5.74) is 0.994. The van der Waals surface area contributed by atoms with Gasteiger partial charge in [0.1, 0.15) is 18.0 Å². The molecule has 17 heavy (non-hydrogen) atoms. The number of carbonyl (C=O) groups excluding carboxylic acids is 1. The Morgan fingerprint density at radius 2 is 2.00 bits per heavy atom. The van der Waals surface area contributed by atoms with Gasteiger partial charge in [0.25, 0.3) is 0 Å². The lowest BCUT2D eigenvalue weighted by Crippen LogP contribution is -2.20. The smallest absolute Gasteiger partial charge is 0.306 e. The fourth-order valence-corrected chi connectivity index (χ4v) is 2.06. The molecular formula is C13H16O4. The highest BCUT2D eigenvalue weighted by molar-refractivity contribution is 5.71. The number of cyclic esters (lactones) is 1. The van der Waals surface area contributed by atoms with E-state index in [2.05, 4.69) is 0 Å². The van der Waals surface area contributed by atoms with E-state index in [1.54, 1.807) is 14.2 Å². The maximum absolute atomic E-state index is 11.1. The second kappa shape index (κ2) is 5.19. The van der Waals surface area contributed by atoms with Gasteiger partial charge in [0.05, 0.1) is 7.11 Å². The summed E-state index contributed by atoms with van der Waals surface area (Å²) in [6.07, 6.45) is 0.803. The molecule has 0 radical (unpaired) electrons. The summed E-state index contributed by atoms with van der Waals surface area (Å²) in [6, 6.07) is 7.61. The first-order valence-electron chi connectivity index (χ1n) is 5.61. The minimum absolute atomic E-state index is 0.148. The molecule has 2 unspecified atom stereocenters. The van der Waals surface area contributed by atoms with Crippen LogP contribution in [0.4, 0.5) is 0 Å². The molecule has 1 heterocycles. The lowest BCUT2D eigenvalue weighted by atomic mass is 10.0. The first kappa shape index (κ1) is 11.9. The molecule has 2 atom stereocenters. The number of ether oxygens (including phenoxy) is 3. The number of esters is 1. The van der Waals surface area contributed by atoms with E-state index >= 15 is 0 Å². The average Bonchev–Trinajstić information content (AvgIpc) is 2.78. The van der Waals surface area contributed by atoms with Gasteiger partial charge < -0.3 is 14.2 Å². The van der Waals surface area contributed by atoms with Gasteiger partial charge in [0, 0.05) is 13.5 Å². The Labute approximate surface area is 100 Å². The van der Waals surface area contributed by atoms with Crippen molar-refractivity contribution in [1.82, 2.24) is 0 Å². The van der Waals surface area contributed by atoms with Gasteiger partial charge in [-0.25, -0.2) is 0 Å². The molecule has 0 saturated carbocycles. The van der Waals surface area contributed by atoms with Crippen molar-refractivity contribution >= 4 is 5.97 Å². The predicted molar refractivity (Wildman–Crippen MR) is 61.9 cm³/mol. The van der Waals surface area contributed by atoms with Crippen molar-refractivity contribution < 1.29 is 19.0 Å². The predicted octanol–water partition coefficient (Wildman–Crippen LogP) is 2.09. The van der Waals surface area contributed by atoms with E-state index in [4.69, 9.17) is 14.2 Å². The van der Waals surface area contributed by atoms with Crippen LogP contribution in [0, 0.1) is 0 Å². The van der Waals surface area contributed by atoms with Crippen molar-refractivity contribution in [2.75, 3.05) is 14.2 Å². The lowest BCUT2D eigenvalue weighted by molar-refractivity contribution is -0.146. The highest BCUT2D eigenvalue weighted by Crippen LogP contribution is 2.30. The SMILES string of the molecule is COc1ccc(C(OC)C2CCC(=O)O2)cc1. The third-order valence-corrected chi connectivity index (χ3v) is 2.95. The van der Waals surface area contributed by atoms with E-state index in [9.17, 15) is 4.79 Å². The quantitative estimate of drug-likeness (QED) is 0.751. The zero-order valence-corrected chi connectivity index (χ0v) is 10.0. The van der Waals surface area contributed by atoms with Crippen LogP contribution in [0.2, 0.25) is 0 Å². The molecule has 2 rings (SSSR count). The van der Waals surface area contributed by atoms with Crippen LogP contribution in [-0.4, -0.2) is 26.3 Å². The number of rotatable bonds is 4. The molecule has 1 fully saturated rings. The molecule has 1 aliphatic rings.